The Labute approximate surface area is 111 Å². The van der Waals surface area contributed by atoms with Crippen LogP contribution in [0.2, 0.25) is 0 Å². The van der Waals surface area contributed by atoms with Crippen molar-refractivity contribution in [1.29, 1.82) is 0 Å². The van der Waals surface area contributed by atoms with Gasteiger partial charge in [-0.1, -0.05) is 13.8 Å². The second-order valence-electron chi connectivity index (χ2n) is 5.70. The Balaban J connectivity index is 2.48. The summed E-state index contributed by atoms with van der Waals surface area (Å²) in [6, 6.07) is 0.884. The van der Waals surface area contributed by atoms with Gasteiger partial charge in [-0.15, -0.1) is 0 Å². The summed E-state index contributed by atoms with van der Waals surface area (Å²) in [7, 11) is 0. The van der Waals surface area contributed by atoms with Crippen molar-refractivity contribution in [3.05, 3.63) is 0 Å². The SMILES string of the molecule is CCNC(=O)CC(CN)N(CCC(C)C)C1CC1. The van der Waals surface area contributed by atoms with Crippen molar-refractivity contribution < 1.29 is 4.79 Å². The molecule has 0 heterocycles. The smallest absolute Gasteiger partial charge is 0.221 e. The van der Waals surface area contributed by atoms with Crippen LogP contribution < -0.4 is 11.1 Å². The molecule has 1 saturated carbocycles. The van der Waals surface area contributed by atoms with E-state index in [9.17, 15) is 4.79 Å². The minimum absolute atomic E-state index is 0.128. The van der Waals surface area contributed by atoms with Crippen LogP contribution in [0, 0.1) is 5.92 Å². The van der Waals surface area contributed by atoms with E-state index in [2.05, 4.69) is 24.1 Å². The Morgan fingerprint density at radius 3 is 2.56 bits per heavy atom. The lowest BCUT2D eigenvalue weighted by Crippen LogP contribution is -2.45. The van der Waals surface area contributed by atoms with Crippen LogP contribution >= 0.6 is 0 Å². The van der Waals surface area contributed by atoms with Crippen molar-refractivity contribution in [2.75, 3.05) is 19.6 Å². The molecule has 0 aliphatic heterocycles. The first-order chi connectivity index (χ1) is 8.58. The maximum atomic E-state index is 11.7. The van der Waals surface area contributed by atoms with Crippen LogP contribution in [0.15, 0.2) is 0 Å². The molecule has 1 amide bonds. The molecular formula is C14H29N3O. The largest absolute Gasteiger partial charge is 0.356 e. The van der Waals surface area contributed by atoms with Crippen molar-refractivity contribution in [3.8, 4) is 0 Å². The summed E-state index contributed by atoms with van der Waals surface area (Å²) in [6.07, 6.45) is 4.26. The van der Waals surface area contributed by atoms with E-state index < -0.39 is 0 Å². The van der Waals surface area contributed by atoms with Crippen molar-refractivity contribution in [3.63, 3.8) is 0 Å². The highest BCUT2D eigenvalue weighted by molar-refractivity contribution is 5.76. The zero-order valence-corrected chi connectivity index (χ0v) is 12.1. The third kappa shape index (κ3) is 5.36. The quantitative estimate of drug-likeness (QED) is 0.654. The number of carbonyl (C=O) groups is 1. The normalized spacial score (nSPS) is 17.2. The van der Waals surface area contributed by atoms with E-state index in [0.29, 0.717) is 31.5 Å². The molecule has 0 spiro atoms. The average Bonchev–Trinajstić information content (AvgIpc) is 3.12. The Bertz CT molecular complexity index is 251. The molecule has 4 nitrogen and oxygen atoms in total. The standard InChI is InChI=1S/C14H29N3O/c1-4-16-14(18)9-13(10-15)17(12-5-6-12)8-7-11(2)3/h11-13H,4-10,15H2,1-3H3,(H,16,18). The second kappa shape index (κ2) is 7.74. The van der Waals surface area contributed by atoms with Gasteiger partial charge in [-0.3, -0.25) is 9.69 Å². The number of carbonyl (C=O) groups excluding carboxylic acids is 1. The molecule has 3 N–H and O–H groups in total. The summed E-state index contributed by atoms with van der Waals surface area (Å²) >= 11 is 0. The van der Waals surface area contributed by atoms with Crippen molar-refractivity contribution >= 4 is 5.91 Å². The molecule has 1 aliphatic rings. The molecule has 0 aromatic carbocycles. The highest BCUT2D eigenvalue weighted by atomic mass is 16.1. The minimum atomic E-state index is 0.128. The number of amides is 1. The summed E-state index contributed by atoms with van der Waals surface area (Å²) in [5.41, 5.74) is 5.87. The van der Waals surface area contributed by atoms with E-state index in [0.717, 1.165) is 6.54 Å². The monoisotopic (exact) mass is 255 g/mol. The highest BCUT2D eigenvalue weighted by Crippen LogP contribution is 2.29. The first kappa shape index (κ1) is 15.4. The summed E-state index contributed by atoms with van der Waals surface area (Å²) in [6.45, 7) is 8.78. The maximum absolute atomic E-state index is 11.7. The molecule has 1 rings (SSSR count). The molecule has 106 valence electrons. The predicted molar refractivity (Wildman–Crippen MR) is 75.3 cm³/mol. The van der Waals surface area contributed by atoms with Crippen LogP contribution in [0.25, 0.3) is 0 Å². The lowest BCUT2D eigenvalue weighted by Gasteiger charge is -2.31. The molecule has 18 heavy (non-hydrogen) atoms. The van der Waals surface area contributed by atoms with Crippen LogP contribution in [-0.2, 0) is 4.79 Å². The van der Waals surface area contributed by atoms with E-state index in [-0.39, 0.29) is 11.9 Å². The molecule has 1 fully saturated rings. The Kier molecular flexibility index (Phi) is 6.65. The summed E-state index contributed by atoms with van der Waals surface area (Å²) in [5.74, 6) is 0.831. The lowest BCUT2D eigenvalue weighted by atomic mass is 10.1. The Morgan fingerprint density at radius 2 is 2.11 bits per heavy atom. The van der Waals surface area contributed by atoms with Crippen LogP contribution in [0.1, 0.15) is 46.5 Å². The van der Waals surface area contributed by atoms with Crippen LogP contribution in [0.5, 0.6) is 0 Å². The van der Waals surface area contributed by atoms with E-state index in [1.54, 1.807) is 0 Å². The number of nitrogens with one attached hydrogen (secondary N) is 1. The van der Waals surface area contributed by atoms with Gasteiger partial charge in [0.15, 0.2) is 0 Å². The Hall–Kier alpha value is -0.610. The zero-order chi connectivity index (χ0) is 13.5. The third-order valence-corrected chi connectivity index (χ3v) is 3.52. The van der Waals surface area contributed by atoms with Gasteiger partial charge in [0.1, 0.15) is 0 Å². The number of nitrogens with zero attached hydrogens (tertiary/aromatic N) is 1. The van der Waals surface area contributed by atoms with Gasteiger partial charge in [0.25, 0.3) is 0 Å². The first-order valence-corrected chi connectivity index (χ1v) is 7.31. The lowest BCUT2D eigenvalue weighted by molar-refractivity contribution is -0.122. The summed E-state index contributed by atoms with van der Waals surface area (Å²) in [5, 5.41) is 2.87. The number of nitrogens with two attached hydrogens (primary N) is 1. The first-order valence-electron chi connectivity index (χ1n) is 7.31. The third-order valence-electron chi connectivity index (χ3n) is 3.52. The highest BCUT2D eigenvalue weighted by Gasteiger charge is 2.33. The topological polar surface area (TPSA) is 58.4 Å². The fourth-order valence-corrected chi connectivity index (χ4v) is 2.30. The Morgan fingerprint density at radius 1 is 1.44 bits per heavy atom. The van der Waals surface area contributed by atoms with Crippen LogP contribution in [0.3, 0.4) is 0 Å². The van der Waals surface area contributed by atoms with Gasteiger partial charge in [-0.05, 0) is 38.6 Å². The molecule has 1 aliphatic carbocycles. The molecular weight excluding hydrogens is 226 g/mol. The summed E-state index contributed by atoms with van der Waals surface area (Å²) < 4.78 is 0. The van der Waals surface area contributed by atoms with Gasteiger partial charge in [0.2, 0.25) is 5.91 Å². The fourth-order valence-electron chi connectivity index (χ4n) is 2.30. The average molecular weight is 255 g/mol. The van der Waals surface area contributed by atoms with Crippen molar-refractivity contribution in [2.45, 2.75) is 58.5 Å². The van der Waals surface area contributed by atoms with E-state index in [1.165, 1.54) is 19.3 Å². The van der Waals surface area contributed by atoms with Gasteiger partial charge in [0.05, 0.1) is 0 Å². The molecule has 0 aromatic rings. The molecule has 4 heteroatoms. The fraction of sp³-hybridized carbons (Fsp3) is 0.929. The van der Waals surface area contributed by atoms with Gasteiger partial charge in [0, 0.05) is 31.6 Å². The second-order valence-corrected chi connectivity index (χ2v) is 5.70. The number of rotatable bonds is 9. The molecule has 1 unspecified atom stereocenters. The number of hydrogen-bond acceptors (Lipinski definition) is 3. The molecule has 0 aromatic heterocycles. The molecule has 1 atom stereocenters. The van der Waals surface area contributed by atoms with E-state index >= 15 is 0 Å². The van der Waals surface area contributed by atoms with Crippen molar-refractivity contribution in [2.24, 2.45) is 11.7 Å². The molecule has 0 radical (unpaired) electrons. The van der Waals surface area contributed by atoms with Crippen LogP contribution in [0.4, 0.5) is 0 Å². The zero-order valence-electron chi connectivity index (χ0n) is 12.1. The maximum Gasteiger partial charge on any atom is 0.221 e. The van der Waals surface area contributed by atoms with Gasteiger partial charge in [-0.2, -0.15) is 0 Å². The van der Waals surface area contributed by atoms with Gasteiger partial charge >= 0.3 is 0 Å². The molecule has 0 saturated heterocycles. The summed E-state index contributed by atoms with van der Waals surface area (Å²) in [4.78, 5) is 14.2. The molecule has 0 bridgehead atoms. The van der Waals surface area contributed by atoms with E-state index in [1.807, 2.05) is 6.92 Å². The van der Waals surface area contributed by atoms with Gasteiger partial charge in [-0.25, -0.2) is 0 Å². The number of hydrogen-bond donors (Lipinski definition) is 2. The van der Waals surface area contributed by atoms with Crippen LogP contribution in [-0.4, -0.2) is 42.5 Å². The van der Waals surface area contributed by atoms with Gasteiger partial charge < -0.3 is 11.1 Å². The minimum Gasteiger partial charge on any atom is -0.356 e. The predicted octanol–water partition coefficient (Wildman–Crippen LogP) is 1.35. The van der Waals surface area contributed by atoms with E-state index in [4.69, 9.17) is 5.73 Å². The van der Waals surface area contributed by atoms with Crippen molar-refractivity contribution in [1.82, 2.24) is 10.2 Å².